The molecule has 10 heteroatoms. The molecule has 0 aromatic heterocycles. The number of unbranched alkanes of at least 4 members (excludes halogenated alkanes) is 5. The molecule has 0 aliphatic carbocycles. The van der Waals surface area contributed by atoms with Gasteiger partial charge >= 0.3 is 11.9 Å². The van der Waals surface area contributed by atoms with Crippen LogP contribution in [0, 0.1) is 20.2 Å². The fourth-order valence-corrected chi connectivity index (χ4v) is 2.88. The highest BCUT2D eigenvalue weighted by molar-refractivity contribution is 5.72. The van der Waals surface area contributed by atoms with Gasteiger partial charge in [-0.15, -0.1) is 0 Å². The highest BCUT2D eigenvalue weighted by Gasteiger charge is 2.09. The van der Waals surface area contributed by atoms with Crippen molar-refractivity contribution < 1.29 is 28.9 Å². The Morgan fingerprint density at radius 2 is 0.906 bits per heavy atom. The summed E-state index contributed by atoms with van der Waals surface area (Å²) in [5.41, 5.74) is -0.131. The Hall–Kier alpha value is -3.82. The molecule has 0 unspecified atom stereocenters. The quantitative estimate of drug-likeness (QED) is 0.136. The Labute approximate surface area is 184 Å². The second-order valence-corrected chi connectivity index (χ2v) is 7.07. The van der Waals surface area contributed by atoms with Gasteiger partial charge in [0.05, 0.1) is 9.85 Å². The molecule has 170 valence electrons. The minimum absolute atomic E-state index is 0.0654. The average molecular weight is 444 g/mol. The Kier molecular flexibility index (Phi) is 9.76. The Bertz CT molecular complexity index is 848. The number of nitrogens with zero attached hydrogens (tertiary/aromatic N) is 2. The molecule has 0 spiro atoms. The van der Waals surface area contributed by atoms with E-state index in [0.29, 0.717) is 12.8 Å². The van der Waals surface area contributed by atoms with Gasteiger partial charge in [-0.1, -0.05) is 25.7 Å². The molecule has 0 saturated carbocycles. The minimum atomic E-state index is -0.520. The Balaban J connectivity index is 1.50. The number of hydrogen-bond acceptors (Lipinski definition) is 8. The summed E-state index contributed by atoms with van der Waals surface area (Å²) in [6.07, 6.45) is 5.41. The van der Waals surface area contributed by atoms with E-state index < -0.39 is 9.85 Å². The third-order valence-corrected chi connectivity index (χ3v) is 4.57. The van der Waals surface area contributed by atoms with Crippen molar-refractivity contribution in [3.05, 3.63) is 68.8 Å². The first-order valence-corrected chi connectivity index (χ1v) is 10.3. The van der Waals surface area contributed by atoms with E-state index in [0.717, 1.165) is 25.7 Å². The molecular formula is C22H24N2O8. The third kappa shape index (κ3) is 8.90. The molecule has 0 aliphatic rings. The van der Waals surface area contributed by atoms with Crippen molar-refractivity contribution in [2.24, 2.45) is 0 Å². The predicted octanol–water partition coefficient (Wildman–Crippen LogP) is 5.13. The maximum Gasteiger partial charge on any atom is 0.311 e. The summed E-state index contributed by atoms with van der Waals surface area (Å²) in [6, 6.07) is 10.7. The van der Waals surface area contributed by atoms with E-state index in [1.54, 1.807) is 0 Å². The third-order valence-electron chi connectivity index (χ3n) is 4.57. The van der Waals surface area contributed by atoms with Gasteiger partial charge in [0, 0.05) is 37.1 Å². The van der Waals surface area contributed by atoms with Gasteiger partial charge in [-0.3, -0.25) is 29.8 Å². The molecule has 0 aliphatic heterocycles. The van der Waals surface area contributed by atoms with Crippen LogP contribution in [0.4, 0.5) is 11.4 Å². The van der Waals surface area contributed by atoms with Crippen molar-refractivity contribution in [2.45, 2.75) is 51.4 Å². The molecule has 0 fully saturated rings. The van der Waals surface area contributed by atoms with E-state index in [-0.39, 0.29) is 47.7 Å². The number of rotatable bonds is 13. The molecule has 2 aromatic carbocycles. The number of nitro groups is 2. The molecule has 0 saturated heterocycles. The maximum absolute atomic E-state index is 11.8. The van der Waals surface area contributed by atoms with Crippen LogP contribution in [0.1, 0.15) is 51.4 Å². The van der Waals surface area contributed by atoms with Crippen LogP contribution in [0.2, 0.25) is 0 Å². The van der Waals surface area contributed by atoms with Crippen molar-refractivity contribution in [2.75, 3.05) is 0 Å². The van der Waals surface area contributed by atoms with Gasteiger partial charge in [0.2, 0.25) is 0 Å². The fraction of sp³-hybridized carbons (Fsp3) is 0.364. The van der Waals surface area contributed by atoms with Gasteiger partial charge in [0.25, 0.3) is 11.4 Å². The topological polar surface area (TPSA) is 139 Å². The second kappa shape index (κ2) is 12.8. The smallest absolute Gasteiger partial charge is 0.311 e. The van der Waals surface area contributed by atoms with Crippen molar-refractivity contribution in [1.29, 1.82) is 0 Å². The molecule has 0 bridgehead atoms. The van der Waals surface area contributed by atoms with Crippen molar-refractivity contribution in [3.63, 3.8) is 0 Å². The number of ether oxygens (including phenoxy) is 2. The van der Waals surface area contributed by atoms with Gasteiger partial charge in [-0.2, -0.15) is 0 Å². The highest BCUT2D eigenvalue weighted by atomic mass is 16.6. The number of carbonyl (C=O) groups excluding carboxylic acids is 2. The molecule has 10 nitrogen and oxygen atoms in total. The Morgan fingerprint density at radius 3 is 1.22 bits per heavy atom. The predicted molar refractivity (Wildman–Crippen MR) is 114 cm³/mol. The first-order chi connectivity index (χ1) is 15.3. The standard InChI is InChI=1S/C22H24N2O8/c25-21(31-19-13-9-17(10-14-19)23(27)28)7-5-3-1-2-4-6-8-22(26)32-20-15-11-18(12-16-20)24(29)30/h9-16H,1-8H2. The van der Waals surface area contributed by atoms with Gasteiger partial charge in [-0.25, -0.2) is 0 Å². The van der Waals surface area contributed by atoms with E-state index in [4.69, 9.17) is 9.47 Å². The van der Waals surface area contributed by atoms with Gasteiger partial charge in [-0.05, 0) is 37.1 Å². The maximum atomic E-state index is 11.8. The molecule has 32 heavy (non-hydrogen) atoms. The molecule has 0 heterocycles. The van der Waals surface area contributed by atoms with Crippen LogP contribution in [-0.4, -0.2) is 21.8 Å². The zero-order chi connectivity index (χ0) is 23.3. The molecule has 0 radical (unpaired) electrons. The SMILES string of the molecule is O=C(CCCCCCCCC(=O)Oc1ccc([N+](=O)[O-])cc1)Oc1ccc([N+](=O)[O-])cc1. The molecule has 0 N–H and O–H groups in total. The summed E-state index contributed by atoms with van der Waals surface area (Å²) in [5.74, 6) is -0.205. The first kappa shape index (κ1) is 24.4. The zero-order valence-electron chi connectivity index (χ0n) is 17.4. The van der Waals surface area contributed by atoms with Gasteiger partial charge in [0.15, 0.2) is 0 Å². The van der Waals surface area contributed by atoms with E-state index in [1.165, 1.54) is 48.5 Å². The van der Waals surface area contributed by atoms with E-state index in [9.17, 15) is 29.8 Å². The molecule has 0 amide bonds. The number of benzene rings is 2. The van der Waals surface area contributed by atoms with E-state index in [2.05, 4.69) is 0 Å². The molecular weight excluding hydrogens is 420 g/mol. The van der Waals surface area contributed by atoms with E-state index in [1.807, 2.05) is 0 Å². The number of nitro benzene ring substituents is 2. The van der Waals surface area contributed by atoms with Gasteiger partial charge < -0.3 is 9.47 Å². The lowest BCUT2D eigenvalue weighted by Gasteiger charge is -2.05. The summed E-state index contributed by atoms with van der Waals surface area (Å²) in [4.78, 5) is 43.8. The number of non-ortho nitro benzene ring substituents is 2. The van der Waals surface area contributed by atoms with Crippen LogP contribution in [0.15, 0.2) is 48.5 Å². The summed E-state index contributed by atoms with van der Waals surface area (Å²) in [5, 5.41) is 21.2. The van der Waals surface area contributed by atoms with Crippen LogP contribution in [0.3, 0.4) is 0 Å². The summed E-state index contributed by atoms with van der Waals surface area (Å²) < 4.78 is 10.3. The monoisotopic (exact) mass is 444 g/mol. The summed E-state index contributed by atoms with van der Waals surface area (Å²) >= 11 is 0. The normalized spacial score (nSPS) is 10.4. The molecule has 2 aromatic rings. The lowest BCUT2D eigenvalue weighted by Crippen LogP contribution is -2.07. The van der Waals surface area contributed by atoms with Crippen molar-refractivity contribution in [1.82, 2.24) is 0 Å². The van der Waals surface area contributed by atoms with Crippen LogP contribution in [0.25, 0.3) is 0 Å². The van der Waals surface area contributed by atoms with Crippen LogP contribution < -0.4 is 9.47 Å². The Morgan fingerprint density at radius 1 is 0.594 bits per heavy atom. The largest absolute Gasteiger partial charge is 0.427 e. The lowest BCUT2D eigenvalue weighted by atomic mass is 10.1. The summed E-state index contributed by atoms with van der Waals surface area (Å²) in [6.45, 7) is 0. The van der Waals surface area contributed by atoms with Crippen LogP contribution in [0.5, 0.6) is 11.5 Å². The van der Waals surface area contributed by atoms with Crippen molar-refractivity contribution in [3.8, 4) is 11.5 Å². The average Bonchev–Trinajstić information content (AvgIpc) is 2.76. The molecule has 0 atom stereocenters. The first-order valence-electron chi connectivity index (χ1n) is 10.3. The fourth-order valence-electron chi connectivity index (χ4n) is 2.88. The minimum Gasteiger partial charge on any atom is -0.427 e. The van der Waals surface area contributed by atoms with Crippen LogP contribution in [-0.2, 0) is 9.59 Å². The van der Waals surface area contributed by atoms with Crippen molar-refractivity contribution >= 4 is 23.3 Å². The second-order valence-electron chi connectivity index (χ2n) is 7.07. The molecule has 2 rings (SSSR count). The zero-order valence-corrected chi connectivity index (χ0v) is 17.4. The number of hydrogen-bond donors (Lipinski definition) is 0. The van der Waals surface area contributed by atoms with E-state index >= 15 is 0 Å². The number of carbonyl (C=O) groups is 2. The highest BCUT2D eigenvalue weighted by Crippen LogP contribution is 2.19. The van der Waals surface area contributed by atoms with Gasteiger partial charge in [0.1, 0.15) is 11.5 Å². The number of esters is 2. The summed E-state index contributed by atoms with van der Waals surface area (Å²) in [7, 11) is 0. The van der Waals surface area contributed by atoms with Crippen LogP contribution >= 0.6 is 0 Å². The lowest BCUT2D eigenvalue weighted by molar-refractivity contribution is -0.385.